The van der Waals surface area contributed by atoms with Crippen LogP contribution in [0.25, 0.3) is 0 Å². The quantitative estimate of drug-likeness (QED) is 0.808. The average molecular weight is 248 g/mol. The second-order valence-corrected chi connectivity index (χ2v) is 4.94. The van der Waals surface area contributed by atoms with Crippen molar-refractivity contribution in [2.45, 2.75) is 32.4 Å². The van der Waals surface area contributed by atoms with Gasteiger partial charge in [-0.2, -0.15) is 0 Å². The van der Waals surface area contributed by atoms with E-state index in [-0.39, 0.29) is 5.91 Å². The first-order valence-electron chi connectivity index (χ1n) is 6.38. The van der Waals surface area contributed by atoms with E-state index in [9.17, 15) is 4.79 Å². The van der Waals surface area contributed by atoms with Crippen LogP contribution in [0.15, 0.2) is 24.3 Å². The Morgan fingerprint density at radius 3 is 3.00 bits per heavy atom. The molecule has 4 nitrogen and oxygen atoms in total. The van der Waals surface area contributed by atoms with Gasteiger partial charge in [-0.3, -0.25) is 4.79 Å². The molecule has 1 aromatic rings. The van der Waals surface area contributed by atoms with E-state index in [1.165, 1.54) is 12.8 Å². The van der Waals surface area contributed by atoms with Gasteiger partial charge in [0.05, 0.1) is 12.6 Å². The molecule has 0 saturated heterocycles. The first kappa shape index (κ1) is 13.1. The van der Waals surface area contributed by atoms with Crippen LogP contribution in [-0.4, -0.2) is 18.6 Å². The van der Waals surface area contributed by atoms with E-state index in [0.29, 0.717) is 6.61 Å². The lowest BCUT2D eigenvalue weighted by Crippen LogP contribution is -2.32. The molecule has 0 heterocycles. The molecule has 4 heteroatoms. The van der Waals surface area contributed by atoms with Crippen LogP contribution in [0.3, 0.4) is 0 Å². The molecule has 1 fully saturated rings. The lowest BCUT2D eigenvalue weighted by Gasteiger charge is -2.09. The van der Waals surface area contributed by atoms with Gasteiger partial charge in [0, 0.05) is 12.3 Å². The topological polar surface area (TPSA) is 64.4 Å². The Kier molecular flexibility index (Phi) is 4.33. The molecule has 1 atom stereocenters. The smallest absolute Gasteiger partial charge is 0.240 e. The maximum Gasteiger partial charge on any atom is 0.240 e. The van der Waals surface area contributed by atoms with E-state index < -0.39 is 6.04 Å². The molecule has 1 aliphatic carbocycles. The maximum absolute atomic E-state index is 11.5. The third kappa shape index (κ3) is 4.13. The molecule has 1 aromatic carbocycles. The van der Waals surface area contributed by atoms with Gasteiger partial charge in [0.1, 0.15) is 0 Å². The van der Waals surface area contributed by atoms with Crippen LogP contribution in [-0.2, 0) is 16.1 Å². The van der Waals surface area contributed by atoms with Gasteiger partial charge in [-0.05, 0) is 43.4 Å². The molecule has 0 unspecified atom stereocenters. The number of carbonyl (C=O) groups is 1. The van der Waals surface area contributed by atoms with Crippen molar-refractivity contribution in [2.75, 3.05) is 11.9 Å². The average Bonchev–Trinajstić information content (AvgIpc) is 3.13. The number of hydrogen-bond donors (Lipinski definition) is 2. The van der Waals surface area contributed by atoms with E-state index in [2.05, 4.69) is 5.32 Å². The van der Waals surface area contributed by atoms with E-state index in [1.807, 2.05) is 24.3 Å². The largest absolute Gasteiger partial charge is 0.376 e. The second kappa shape index (κ2) is 5.98. The van der Waals surface area contributed by atoms with Crippen molar-refractivity contribution in [2.24, 2.45) is 11.7 Å². The molecule has 0 radical (unpaired) electrons. The molecule has 98 valence electrons. The summed E-state index contributed by atoms with van der Waals surface area (Å²) in [6.07, 6.45) is 2.59. The summed E-state index contributed by atoms with van der Waals surface area (Å²) in [5, 5.41) is 2.77. The summed E-state index contributed by atoms with van der Waals surface area (Å²) in [6.45, 7) is 3.10. The minimum absolute atomic E-state index is 0.175. The highest BCUT2D eigenvalue weighted by atomic mass is 16.5. The van der Waals surface area contributed by atoms with Gasteiger partial charge < -0.3 is 15.8 Å². The lowest BCUT2D eigenvalue weighted by molar-refractivity contribution is -0.117. The fraction of sp³-hybridized carbons (Fsp3) is 0.500. The highest BCUT2D eigenvalue weighted by Crippen LogP contribution is 2.29. The third-order valence-corrected chi connectivity index (χ3v) is 2.93. The molecule has 0 aromatic heterocycles. The summed E-state index contributed by atoms with van der Waals surface area (Å²) in [5.41, 5.74) is 7.34. The molecule has 3 N–H and O–H groups in total. The second-order valence-electron chi connectivity index (χ2n) is 4.94. The molecule has 2 rings (SSSR count). The number of amides is 1. The van der Waals surface area contributed by atoms with Crippen LogP contribution in [0.5, 0.6) is 0 Å². The Morgan fingerprint density at radius 2 is 2.33 bits per heavy atom. The van der Waals surface area contributed by atoms with Gasteiger partial charge in [0.2, 0.25) is 5.91 Å². The number of nitrogens with one attached hydrogen (secondary N) is 1. The van der Waals surface area contributed by atoms with Crippen LogP contribution in [0, 0.1) is 5.92 Å². The molecule has 0 aliphatic heterocycles. The minimum atomic E-state index is -0.500. The van der Waals surface area contributed by atoms with Gasteiger partial charge >= 0.3 is 0 Å². The Hall–Kier alpha value is -1.39. The summed E-state index contributed by atoms with van der Waals surface area (Å²) >= 11 is 0. The van der Waals surface area contributed by atoms with Gasteiger partial charge in [-0.15, -0.1) is 0 Å². The van der Waals surface area contributed by atoms with Crippen molar-refractivity contribution in [1.29, 1.82) is 0 Å². The van der Waals surface area contributed by atoms with Crippen LogP contribution in [0.2, 0.25) is 0 Å². The summed E-state index contributed by atoms with van der Waals surface area (Å²) in [4.78, 5) is 11.5. The van der Waals surface area contributed by atoms with E-state index in [0.717, 1.165) is 23.8 Å². The normalized spacial score (nSPS) is 16.3. The van der Waals surface area contributed by atoms with Gasteiger partial charge in [0.25, 0.3) is 0 Å². The van der Waals surface area contributed by atoms with Crippen LogP contribution in [0.4, 0.5) is 5.69 Å². The standard InChI is InChI=1S/C14H20N2O2/c1-10(15)14(17)16-13-4-2-3-12(7-13)9-18-8-11-5-6-11/h2-4,7,10-11H,5-6,8-9,15H2,1H3,(H,16,17)/t10-/m1/s1. The van der Waals surface area contributed by atoms with Crippen molar-refractivity contribution >= 4 is 11.6 Å². The highest BCUT2D eigenvalue weighted by molar-refractivity contribution is 5.94. The minimum Gasteiger partial charge on any atom is -0.376 e. The number of hydrogen-bond acceptors (Lipinski definition) is 3. The summed E-state index contributed by atoms with van der Waals surface area (Å²) in [7, 11) is 0. The first-order valence-corrected chi connectivity index (χ1v) is 6.38. The number of carbonyl (C=O) groups excluding carboxylic acids is 1. The van der Waals surface area contributed by atoms with Gasteiger partial charge in [0.15, 0.2) is 0 Å². The number of benzene rings is 1. The zero-order chi connectivity index (χ0) is 13.0. The molecule has 0 spiro atoms. The van der Waals surface area contributed by atoms with E-state index >= 15 is 0 Å². The molecule has 1 amide bonds. The molecule has 1 saturated carbocycles. The predicted octanol–water partition coefficient (Wildman–Crippen LogP) is 1.90. The number of ether oxygens (including phenoxy) is 1. The molecule has 0 bridgehead atoms. The first-order chi connectivity index (χ1) is 8.65. The Bertz CT molecular complexity index is 414. The summed E-state index contributed by atoms with van der Waals surface area (Å²) in [5.74, 6) is 0.594. The van der Waals surface area contributed by atoms with Crippen molar-refractivity contribution in [3.8, 4) is 0 Å². The SMILES string of the molecule is C[C@@H](N)C(=O)Nc1cccc(COCC2CC2)c1. The fourth-order valence-corrected chi connectivity index (χ4v) is 1.62. The number of nitrogens with two attached hydrogens (primary N) is 1. The predicted molar refractivity (Wildman–Crippen MR) is 71.1 cm³/mol. The lowest BCUT2D eigenvalue weighted by atomic mass is 10.2. The van der Waals surface area contributed by atoms with Crippen LogP contribution in [0.1, 0.15) is 25.3 Å². The zero-order valence-corrected chi connectivity index (χ0v) is 10.7. The van der Waals surface area contributed by atoms with Gasteiger partial charge in [-0.25, -0.2) is 0 Å². The molecule has 1 aliphatic rings. The van der Waals surface area contributed by atoms with E-state index in [4.69, 9.17) is 10.5 Å². The third-order valence-electron chi connectivity index (χ3n) is 2.93. The van der Waals surface area contributed by atoms with Gasteiger partial charge in [-0.1, -0.05) is 12.1 Å². The van der Waals surface area contributed by atoms with E-state index in [1.54, 1.807) is 6.92 Å². The summed E-state index contributed by atoms with van der Waals surface area (Å²) in [6, 6.07) is 7.18. The Morgan fingerprint density at radius 1 is 1.56 bits per heavy atom. The van der Waals surface area contributed by atoms with Crippen LogP contribution >= 0.6 is 0 Å². The number of rotatable bonds is 6. The fourth-order valence-electron chi connectivity index (χ4n) is 1.62. The monoisotopic (exact) mass is 248 g/mol. The maximum atomic E-state index is 11.5. The molecule has 18 heavy (non-hydrogen) atoms. The Labute approximate surface area is 108 Å². The summed E-state index contributed by atoms with van der Waals surface area (Å²) < 4.78 is 5.61. The molecular weight excluding hydrogens is 228 g/mol. The zero-order valence-electron chi connectivity index (χ0n) is 10.7. The Balaban J connectivity index is 1.85. The van der Waals surface area contributed by atoms with Crippen molar-refractivity contribution in [3.63, 3.8) is 0 Å². The number of anilines is 1. The van der Waals surface area contributed by atoms with Crippen LogP contribution < -0.4 is 11.1 Å². The highest BCUT2D eigenvalue weighted by Gasteiger charge is 2.21. The van der Waals surface area contributed by atoms with Crippen molar-refractivity contribution in [1.82, 2.24) is 0 Å². The van der Waals surface area contributed by atoms with Crippen molar-refractivity contribution < 1.29 is 9.53 Å². The molecular formula is C14H20N2O2. The van der Waals surface area contributed by atoms with Crippen molar-refractivity contribution in [3.05, 3.63) is 29.8 Å².